The third-order valence-electron chi connectivity index (χ3n) is 1.72. The second-order valence-corrected chi connectivity index (χ2v) is 4.36. The average molecular weight is 177 g/mol. The maximum atomic E-state index is 5.84. The number of hydrogen-bond acceptors (Lipinski definition) is 1. The molecule has 0 unspecified atom stereocenters. The van der Waals surface area contributed by atoms with Crippen LogP contribution in [0.3, 0.4) is 0 Å². The highest BCUT2D eigenvalue weighted by Gasteiger charge is 2.14. The molecule has 1 radical (unpaired) electrons. The van der Waals surface area contributed by atoms with Gasteiger partial charge in [0.05, 0.1) is 0 Å². The standard InChI is InChI=1S/C12H17O/c1-9-7-6-8-10(2)11(9)13-12(3,4)5/h7-8H,1-5H3. The summed E-state index contributed by atoms with van der Waals surface area (Å²) < 4.78 is 5.84. The number of benzene rings is 1. The SMILES string of the molecule is Cc1c[c]cc(C)c1OC(C)(C)C. The van der Waals surface area contributed by atoms with Crippen molar-refractivity contribution < 1.29 is 4.74 Å². The van der Waals surface area contributed by atoms with Crippen LogP contribution in [0, 0.1) is 19.9 Å². The monoisotopic (exact) mass is 177 g/mol. The molecule has 0 spiro atoms. The van der Waals surface area contributed by atoms with Gasteiger partial charge in [0.15, 0.2) is 0 Å². The van der Waals surface area contributed by atoms with Crippen LogP contribution in [-0.2, 0) is 0 Å². The van der Waals surface area contributed by atoms with E-state index in [9.17, 15) is 0 Å². The fraction of sp³-hybridized carbons (Fsp3) is 0.500. The Morgan fingerprint density at radius 2 is 1.54 bits per heavy atom. The molecule has 0 aliphatic heterocycles. The molecule has 0 atom stereocenters. The molecule has 1 aromatic rings. The topological polar surface area (TPSA) is 9.23 Å². The first-order valence-electron chi connectivity index (χ1n) is 4.56. The number of rotatable bonds is 1. The summed E-state index contributed by atoms with van der Waals surface area (Å²) in [6.45, 7) is 10.3. The van der Waals surface area contributed by atoms with Gasteiger partial charge in [0.25, 0.3) is 0 Å². The Bertz CT molecular complexity index is 274. The minimum Gasteiger partial charge on any atom is -0.488 e. The molecule has 0 N–H and O–H groups in total. The van der Waals surface area contributed by atoms with Crippen LogP contribution in [0.2, 0.25) is 0 Å². The van der Waals surface area contributed by atoms with Gasteiger partial charge in [-0.1, -0.05) is 0 Å². The summed E-state index contributed by atoms with van der Waals surface area (Å²) in [4.78, 5) is 0. The summed E-state index contributed by atoms with van der Waals surface area (Å²) in [5.74, 6) is 0.992. The number of ether oxygens (including phenoxy) is 1. The van der Waals surface area contributed by atoms with Gasteiger partial charge in [-0.15, -0.1) is 0 Å². The molecule has 1 aromatic carbocycles. The largest absolute Gasteiger partial charge is 0.488 e. The van der Waals surface area contributed by atoms with Crippen molar-refractivity contribution in [1.29, 1.82) is 0 Å². The van der Waals surface area contributed by atoms with Crippen LogP contribution in [-0.4, -0.2) is 5.60 Å². The van der Waals surface area contributed by atoms with Crippen LogP contribution < -0.4 is 4.74 Å². The number of hydrogen-bond donors (Lipinski definition) is 0. The lowest BCUT2D eigenvalue weighted by Crippen LogP contribution is -2.23. The lowest BCUT2D eigenvalue weighted by Gasteiger charge is -2.23. The minimum atomic E-state index is -0.128. The first-order valence-corrected chi connectivity index (χ1v) is 4.56. The van der Waals surface area contributed by atoms with Crippen molar-refractivity contribution in [3.05, 3.63) is 29.3 Å². The van der Waals surface area contributed by atoms with Crippen molar-refractivity contribution in [1.82, 2.24) is 0 Å². The molecule has 0 fully saturated rings. The van der Waals surface area contributed by atoms with E-state index in [1.807, 2.05) is 26.0 Å². The smallest absolute Gasteiger partial charge is 0.125 e. The highest BCUT2D eigenvalue weighted by molar-refractivity contribution is 5.39. The predicted molar refractivity (Wildman–Crippen MR) is 55.1 cm³/mol. The fourth-order valence-corrected chi connectivity index (χ4v) is 1.20. The van der Waals surface area contributed by atoms with Crippen LogP contribution in [0.25, 0.3) is 0 Å². The zero-order valence-electron chi connectivity index (χ0n) is 9.06. The van der Waals surface area contributed by atoms with Gasteiger partial charge in [0, 0.05) is 0 Å². The molecule has 0 aromatic heterocycles. The third kappa shape index (κ3) is 2.76. The summed E-state index contributed by atoms with van der Waals surface area (Å²) in [7, 11) is 0. The molecule has 0 heterocycles. The number of aryl methyl sites for hydroxylation is 2. The van der Waals surface area contributed by atoms with Gasteiger partial charge in [0.1, 0.15) is 11.4 Å². The van der Waals surface area contributed by atoms with Gasteiger partial charge < -0.3 is 4.74 Å². The molecule has 0 aliphatic carbocycles. The van der Waals surface area contributed by atoms with Crippen molar-refractivity contribution in [3.8, 4) is 5.75 Å². The van der Waals surface area contributed by atoms with Gasteiger partial charge in [-0.25, -0.2) is 0 Å². The van der Waals surface area contributed by atoms with E-state index in [-0.39, 0.29) is 5.60 Å². The second-order valence-electron chi connectivity index (χ2n) is 4.36. The van der Waals surface area contributed by atoms with Gasteiger partial charge in [-0.05, 0) is 63.9 Å². The van der Waals surface area contributed by atoms with Crippen molar-refractivity contribution in [3.63, 3.8) is 0 Å². The summed E-state index contributed by atoms with van der Waals surface area (Å²) in [5, 5.41) is 0. The second kappa shape index (κ2) is 3.41. The Morgan fingerprint density at radius 3 is 1.92 bits per heavy atom. The summed E-state index contributed by atoms with van der Waals surface area (Å²) in [6.07, 6.45) is 0. The molecule has 1 heteroatoms. The Labute approximate surface area is 80.7 Å². The summed E-state index contributed by atoms with van der Waals surface area (Å²) >= 11 is 0. The van der Waals surface area contributed by atoms with E-state index in [1.54, 1.807) is 0 Å². The Hall–Kier alpha value is -0.980. The Balaban J connectivity index is 3.00. The lowest BCUT2D eigenvalue weighted by atomic mass is 10.1. The molecule has 0 bridgehead atoms. The summed E-state index contributed by atoms with van der Waals surface area (Å²) in [5.41, 5.74) is 2.17. The van der Waals surface area contributed by atoms with Crippen molar-refractivity contribution in [2.24, 2.45) is 0 Å². The van der Waals surface area contributed by atoms with Crippen LogP contribution in [0.15, 0.2) is 12.1 Å². The third-order valence-corrected chi connectivity index (χ3v) is 1.72. The zero-order valence-corrected chi connectivity index (χ0v) is 9.06. The fourth-order valence-electron chi connectivity index (χ4n) is 1.20. The Kier molecular flexibility index (Phi) is 2.65. The quantitative estimate of drug-likeness (QED) is 0.639. The molecular formula is C12H17O. The van der Waals surface area contributed by atoms with E-state index in [2.05, 4.69) is 26.8 Å². The highest BCUT2D eigenvalue weighted by Crippen LogP contribution is 2.26. The van der Waals surface area contributed by atoms with E-state index in [0.29, 0.717) is 0 Å². The minimum absolute atomic E-state index is 0.128. The van der Waals surface area contributed by atoms with Crippen LogP contribution in [0.1, 0.15) is 31.9 Å². The molecule has 0 saturated heterocycles. The van der Waals surface area contributed by atoms with E-state index < -0.39 is 0 Å². The summed E-state index contributed by atoms with van der Waals surface area (Å²) in [6, 6.07) is 6.98. The lowest BCUT2D eigenvalue weighted by molar-refractivity contribution is 0.129. The van der Waals surface area contributed by atoms with Gasteiger partial charge in [0.2, 0.25) is 0 Å². The maximum absolute atomic E-state index is 5.84. The van der Waals surface area contributed by atoms with Crippen molar-refractivity contribution >= 4 is 0 Å². The Morgan fingerprint density at radius 1 is 1.08 bits per heavy atom. The van der Waals surface area contributed by atoms with E-state index in [0.717, 1.165) is 16.9 Å². The normalized spacial score (nSPS) is 11.5. The molecule has 71 valence electrons. The predicted octanol–water partition coefficient (Wildman–Crippen LogP) is 3.28. The first kappa shape index (κ1) is 10.1. The van der Waals surface area contributed by atoms with Gasteiger partial charge in [-0.3, -0.25) is 0 Å². The average Bonchev–Trinajstić information content (AvgIpc) is 1.95. The molecule has 0 saturated carbocycles. The van der Waals surface area contributed by atoms with E-state index >= 15 is 0 Å². The van der Waals surface area contributed by atoms with Gasteiger partial charge in [-0.2, -0.15) is 0 Å². The zero-order chi connectivity index (χ0) is 10.1. The van der Waals surface area contributed by atoms with Crippen LogP contribution in [0.4, 0.5) is 0 Å². The van der Waals surface area contributed by atoms with Crippen LogP contribution >= 0.6 is 0 Å². The van der Waals surface area contributed by atoms with Crippen molar-refractivity contribution in [2.75, 3.05) is 0 Å². The van der Waals surface area contributed by atoms with Crippen LogP contribution in [0.5, 0.6) is 5.75 Å². The molecule has 0 amide bonds. The maximum Gasteiger partial charge on any atom is 0.125 e. The van der Waals surface area contributed by atoms with E-state index in [4.69, 9.17) is 4.74 Å². The molecule has 1 nitrogen and oxygen atoms in total. The van der Waals surface area contributed by atoms with Gasteiger partial charge >= 0.3 is 0 Å². The molecular weight excluding hydrogens is 160 g/mol. The van der Waals surface area contributed by atoms with E-state index in [1.165, 1.54) is 0 Å². The first-order chi connectivity index (χ1) is 5.90. The molecule has 1 rings (SSSR count). The molecule has 13 heavy (non-hydrogen) atoms. The van der Waals surface area contributed by atoms with Crippen molar-refractivity contribution in [2.45, 2.75) is 40.2 Å². The molecule has 0 aliphatic rings. The highest BCUT2D eigenvalue weighted by atomic mass is 16.5.